The van der Waals surface area contributed by atoms with Crippen LogP contribution in [0.4, 0.5) is 24.7 Å². The topological polar surface area (TPSA) is 61.4 Å². The number of hydrogen-bond donors (Lipinski definition) is 1. The van der Waals surface area contributed by atoms with Gasteiger partial charge in [-0.3, -0.25) is 9.78 Å². The van der Waals surface area contributed by atoms with E-state index in [0.717, 1.165) is 23.1 Å². The lowest BCUT2D eigenvalue weighted by Crippen LogP contribution is -2.61. The number of nitrogens with one attached hydrogen (secondary N) is 1. The second kappa shape index (κ2) is 8.96. The summed E-state index contributed by atoms with van der Waals surface area (Å²) in [5, 5.41) is 2.97. The van der Waals surface area contributed by atoms with Crippen LogP contribution in [0.15, 0.2) is 67.1 Å². The molecule has 0 spiro atoms. The summed E-state index contributed by atoms with van der Waals surface area (Å²) in [6, 6.07) is 13.0. The minimum absolute atomic E-state index is 0.176. The van der Waals surface area contributed by atoms with Crippen molar-refractivity contribution in [1.82, 2.24) is 15.3 Å². The first-order valence-electron chi connectivity index (χ1n) is 11.2. The van der Waals surface area contributed by atoms with E-state index < -0.39 is 17.7 Å². The molecule has 1 amide bonds. The minimum Gasteiger partial charge on any atom is -0.364 e. The Hall–Kier alpha value is -3.62. The molecule has 1 aromatic carbocycles. The maximum absolute atomic E-state index is 13.4. The quantitative estimate of drug-likeness (QED) is 0.635. The van der Waals surface area contributed by atoms with Crippen LogP contribution in [0.2, 0.25) is 0 Å². The van der Waals surface area contributed by atoms with Gasteiger partial charge in [-0.05, 0) is 53.9 Å². The molecule has 2 aliphatic rings. The SMILES string of the molecule is O=C(NCc1cccnc1)[C@H]1Cc2cc(C(F)(F)F)ccc2N2CCN(c3ccccn3)C[C@H]12. The van der Waals surface area contributed by atoms with Crippen LogP contribution in [0.1, 0.15) is 16.7 Å². The first-order valence-corrected chi connectivity index (χ1v) is 11.2. The third-order valence-corrected chi connectivity index (χ3v) is 6.54. The van der Waals surface area contributed by atoms with Crippen molar-refractivity contribution in [3.05, 3.63) is 83.8 Å². The van der Waals surface area contributed by atoms with Gasteiger partial charge in [0.1, 0.15) is 5.82 Å². The van der Waals surface area contributed by atoms with E-state index in [1.54, 1.807) is 30.7 Å². The molecule has 176 valence electrons. The van der Waals surface area contributed by atoms with Crippen LogP contribution in [0.5, 0.6) is 0 Å². The van der Waals surface area contributed by atoms with E-state index in [1.807, 2.05) is 24.3 Å². The lowest BCUT2D eigenvalue weighted by molar-refractivity contribution is -0.137. The molecule has 0 saturated carbocycles. The van der Waals surface area contributed by atoms with Gasteiger partial charge in [-0.2, -0.15) is 13.2 Å². The van der Waals surface area contributed by atoms with Gasteiger partial charge in [0, 0.05) is 50.5 Å². The number of halogens is 3. The molecule has 0 bridgehead atoms. The lowest BCUT2D eigenvalue weighted by Gasteiger charge is -2.49. The summed E-state index contributed by atoms with van der Waals surface area (Å²) >= 11 is 0. The number of anilines is 2. The standard InChI is InChI=1S/C25H24F3N5O/c26-25(27,28)19-6-7-21-18(12-19)13-20(24(34)31-15-17-4-3-8-29-14-17)22-16-32(10-11-33(21)22)23-5-1-2-9-30-23/h1-9,12,14,20,22H,10-11,13,15-16H2,(H,31,34)/t20-,22+/m0/s1. The van der Waals surface area contributed by atoms with E-state index in [0.29, 0.717) is 31.7 Å². The summed E-state index contributed by atoms with van der Waals surface area (Å²) < 4.78 is 40.1. The zero-order chi connectivity index (χ0) is 23.7. The van der Waals surface area contributed by atoms with Crippen molar-refractivity contribution in [2.45, 2.75) is 25.2 Å². The fourth-order valence-corrected chi connectivity index (χ4v) is 4.87. The highest BCUT2D eigenvalue weighted by atomic mass is 19.4. The number of aromatic nitrogens is 2. The van der Waals surface area contributed by atoms with Gasteiger partial charge in [0.05, 0.1) is 17.5 Å². The Morgan fingerprint density at radius 3 is 2.71 bits per heavy atom. The summed E-state index contributed by atoms with van der Waals surface area (Å²) in [7, 11) is 0. The number of nitrogens with zero attached hydrogens (tertiary/aromatic N) is 4. The number of benzene rings is 1. The molecular formula is C25H24F3N5O. The third kappa shape index (κ3) is 4.42. The fourth-order valence-electron chi connectivity index (χ4n) is 4.87. The second-order valence-electron chi connectivity index (χ2n) is 8.63. The third-order valence-electron chi connectivity index (χ3n) is 6.54. The average molecular weight is 467 g/mol. The van der Waals surface area contributed by atoms with Gasteiger partial charge in [0.15, 0.2) is 0 Å². The smallest absolute Gasteiger partial charge is 0.364 e. The molecule has 34 heavy (non-hydrogen) atoms. The predicted octanol–water partition coefficient (Wildman–Crippen LogP) is 3.68. The Bertz CT molecular complexity index is 1160. The minimum atomic E-state index is -4.43. The summed E-state index contributed by atoms with van der Waals surface area (Å²) in [6.07, 6.45) is 0.890. The second-order valence-corrected chi connectivity index (χ2v) is 8.63. The Labute approximate surface area is 195 Å². The number of rotatable bonds is 4. The van der Waals surface area contributed by atoms with E-state index in [4.69, 9.17) is 0 Å². The Morgan fingerprint density at radius 1 is 1.09 bits per heavy atom. The molecule has 9 heteroatoms. The van der Waals surface area contributed by atoms with Crippen LogP contribution in [-0.4, -0.2) is 41.6 Å². The van der Waals surface area contributed by atoms with Crippen LogP contribution in [0.25, 0.3) is 0 Å². The zero-order valence-electron chi connectivity index (χ0n) is 18.4. The molecule has 0 unspecified atom stereocenters. The summed E-state index contributed by atoms with van der Waals surface area (Å²) in [4.78, 5) is 26.1. The van der Waals surface area contributed by atoms with E-state index >= 15 is 0 Å². The molecule has 2 aliphatic heterocycles. The normalized spacial score (nSPS) is 19.9. The molecule has 4 heterocycles. The Kier molecular flexibility index (Phi) is 5.85. The molecule has 1 fully saturated rings. The van der Waals surface area contributed by atoms with Crippen molar-refractivity contribution in [2.75, 3.05) is 29.4 Å². The van der Waals surface area contributed by atoms with Crippen LogP contribution in [0, 0.1) is 5.92 Å². The number of alkyl halides is 3. The van der Waals surface area contributed by atoms with Crippen molar-refractivity contribution in [3.8, 4) is 0 Å². The number of hydrogen-bond acceptors (Lipinski definition) is 5. The molecule has 6 nitrogen and oxygen atoms in total. The zero-order valence-corrected chi connectivity index (χ0v) is 18.4. The van der Waals surface area contributed by atoms with E-state index in [2.05, 4.69) is 25.1 Å². The molecule has 3 aromatic rings. The summed E-state index contributed by atoms with van der Waals surface area (Å²) in [5.74, 6) is 0.152. The van der Waals surface area contributed by atoms with Crippen LogP contribution in [0.3, 0.4) is 0 Å². The Morgan fingerprint density at radius 2 is 1.97 bits per heavy atom. The molecule has 0 radical (unpaired) electrons. The maximum Gasteiger partial charge on any atom is 0.416 e. The summed E-state index contributed by atoms with van der Waals surface area (Å²) in [5.41, 5.74) is 1.50. The number of carbonyl (C=O) groups is 1. The van der Waals surface area contributed by atoms with E-state index in [9.17, 15) is 18.0 Å². The largest absolute Gasteiger partial charge is 0.416 e. The summed E-state index contributed by atoms with van der Waals surface area (Å²) in [6.45, 7) is 2.13. The van der Waals surface area contributed by atoms with E-state index in [1.165, 1.54) is 6.07 Å². The van der Waals surface area contributed by atoms with Gasteiger partial charge in [0.25, 0.3) is 0 Å². The molecule has 0 aliphatic carbocycles. The van der Waals surface area contributed by atoms with Crippen LogP contribution < -0.4 is 15.1 Å². The maximum atomic E-state index is 13.4. The van der Waals surface area contributed by atoms with E-state index in [-0.39, 0.29) is 18.4 Å². The molecule has 2 aromatic heterocycles. The van der Waals surface area contributed by atoms with Crippen LogP contribution >= 0.6 is 0 Å². The predicted molar refractivity (Wildman–Crippen MR) is 122 cm³/mol. The Balaban J connectivity index is 1.44. The average Bonchev–Trinajstić information content (AvgIpc) is 2.86. The van der Waals surface area contributed by atoms with Crippen LogP contribution in [-0.2, 0) is 23.9 Å². The first kappa shape index (κ1) is 22.2. The monoisotopic (exact) mass is 467 g/mol. The van der Waals surface area contributed by atoms with Gasteiger partial charge in [0.2, 0.25) is 5.91 Å². The molecule has 1 N–H and O–H groups in total. The molecule has 1 saturated heterocycles. The highest BCUT2D eigenvalue weighted by Gasteiger charge is 2.43. The number of amides is 1. The van der Waals surface area contributed by atoms with Gasteiger partial charge < -0.3 is 15.1 Å². The highest BCUT2D eigenvalue weighted by molar-refractivity contribution is 5.82. The van der Waals surface area contributed by atoms with Crippen molar-refractivity contribution in [2.24, 2.45) is 5.92 Å². The molecule has 5 rings (SSSR count). The van der Waals surface area contributed by atoms with Crippen molar-refractivity contribution >= 4 is 17.4 Å². The lowest BCUT2D eigenvalue weighted by atomic mass is 9.82. The highest BCUT2D eigenvalue weighted by Crippen LogP contribution is 2.40. The first-order chi connectivity index (χ1) is 16.4. The van der Waals surface area contributed by atoms with Crippen molar-refractivity contribution in [3.63, 3.8) is 0 Å². The van der Waals surface area contributed by atoms with Crippen molar-refractivity contribution < 1.29 is 18.0 Å². The van der Waals surface area contributed by atoms with Gasteiger partial charge in [-0.1, -0.05) is 12.1 Å². The fraction of sp³-hybridized carbons (Fsp3) is 0.320. The number of carbonyl (C=O) groups excluding carboxylic acids is 1. The van der Waals surface area contributed by atoms with Gasteiger partial charge >= 0.3 is 6.18 Å². The van der Waals surface area contributed by atoms with Crippen molar-refractivity contribution in [1.29, 1.82) is 0 Å². The number of piperazine rings is 1. The number of fused-ring (bicyclic) bond motifs is 3. The van der Waals surface area contributed by atoms with Gasteiger partial charge in [-0.15, -0.1) is 0 Å². The molecular weight excluding hydrogens is 443 g/mol. The number of pyridine rings is 2. The molecule has 2 atom stereocenters. The van der Waals surface area contributed by atoms with Gasteiger partial charge in [-0.25, -0.2) is 4.98 Å².